The number of nitrogens with one attached hydrogen (secondary N) is 1. The Kier molecular flexibility index (Phi) is 6.65. The molecule has 2 aliphatic rings. The number of hydrogen-bond acceptors (Lipinski definition) is 6. The molecule has 34 heavy (non-hydrogen) atoms. The van der Waals surface area contributed by atoms with E-state index >= 15 is 0 Å². The van der Waals surface area contributed by atoms with E-state index < -0.39 is 44.4 Å². The van der Waals surface area contributed by atoms with Crippen molar-refractivity contribution in [3.63, 3.8) is 0 Å². The first-order valence-electron chi connectivity index (χ1n) is 10.4. The zero-order valence-corrected chi connectivity index (χ0v) is 19.2. The van der Waals surface area contributed by atoms with Crippen LogP contribution < -0.4 is 14.4 Å². The second-order valence-corrected chi connectivity index (χ2v) is 10.5. The van der Waals surface area contributed by atoms with E-state index in [1.54, 1.807) is 0 Å². The van der Waals surface area contributed by atoms with Crippen molar-refractivity contribution in [1.82, 2.24) is 9.71 Å². The maximum atomic E-state index is 14.5. The number of carbonyl (C=O) groups is 1. The minimum Gasteiger partial charge on any atom is -0.490 e. The molecule has 1 aromatic carbocycles. The number of alkyl halides is 3. The topological polar surface area (TPSA) is 88.6 Å². The first kappa shape index (κ1) is 24.5. The Balaban J connectivity index is 1.42. The molecule has 184 valence electrons. The molecule has 1 amide bonds. The minimum atomic E-state index is -4.53. The zero-order chi connectivity index (χ0) is 24.7. The average molecular weight is 522 g/mol. The van der Waals surface area contributed by atoms with E-state index in [1.165, 1.54) is 6.07 Å². The first-order valence-corrected chi connectivity index (χ1v) is 12.4. The minimum absolute atomic E-state index is 0.0434. The van der Waals surface area contributed by atoms with Gasteiger partial charge < -0.3 is 9.64 Å². The standard InChI is InChI=1S/C21H20ClF4N3O4S/c22-16-8-15(20(30)28-34(31,32)14-4-5-14)17(23)9-18(16)33-11-13-2-1-7-29(13)12-3-6-19(27-10-12)21(24,25)26/h3,6,8-10,13-14H,1-2,4-5,7,11H2,(H,28,30)/t13-/m1/s1. The highest BCUT2D eigenvalue weighted by molar-refractivity contribution is 7.91. The molecule has 2 fully saturated rings. The second-order valence-electron chi connectivity index (χ2n) is 8.14. The molecule has 13 heteroatoms. The SMILES string of the molecule is O=C(NS(=O)(=O)C1CC1)c1cc(Cl)c(OC[C@H]2CCCN2c2ccc(C(F)(F)F)nc2)cc1F. The Bertz CT molecular complexity index is 1190. The fourth-order valence-corrected chi connectivity index (χ4v) is 5.23. The van der Waals surface area contributed by atoms with Gasteiger partial charge in [-0.3, -0.25) is 4.79 Å². The van der Waals surface area contributed by atoms with Crippen LogP contribution in [-0.4, -0.2) is 43.8 Å². The molecule has 1 saturated heterocycles. The number of amides is 1. The van der Waals surface area contributed by atoms with Gasteiger partial charge in [-0.15, -0.1) is 0 Å². The summed E-state index contributed by atoms with van der Waals surface area (Å²) in [5, 5.41) is -0.733. The van der Waals surface area contributed by atoms with Gasteiger partial charge in [0.15, 0.2) is 0 Å². The molecule has 0 radical (unpaired) electrons. The molecule has 7 nitrogen and oxygen atoms in total. The average Bonchev–Trinajstić information content (AvgIpc) is 3.53. The molecule has 2 aromatic rings. The number of halogens is 5. The summed E-state index contributed by atoms with van der Waals surface area (Å²) >= 11 is 6.14. The van der Waals surface area contributed by atoms with Gasteiger partial charge in [0.05, 0.1) is 33.8 Å². The molecule has 1 atom stereocenters. The van der Waals surface area contributed by atoms with Gasteiger partial charge in [0.25, 0.3) is 5.91 Å². The Morgan fingerprint density at radius 2 is 1.97 bits per heavy atom. The monoisotopic (exact) mass is 521 g/mol. The lowest BCUT2D eigenvalue weighted by Gasteiger charge is -2.27. The number of sulfonamides is 1. The Labute approximate surface area is 198 Å². The van der Waals surface area contributed by atoms with E-state index in [2.05, 4.69) is 4.98 Å². The summed E-state index contributed by atoms with van der Waals surface area (Å²) in [6.45, 7) is 0.638. The van der Waals surface area contributed by atoms with Crippen LogP contribution in [0.4, 0.5) is 23.2 Å². The van der Waals surface area contributed by atoms with Gasteiger partial charge >= 0.3 is 6.18 Å². The van der Waals surface area contributed by atoms with Gasteiger partial charge in [-0.1, -0.05) is 11.6 Å². The molecule has 0 unspecified atom stereocenters. The zero-order valence-electron chi connectivity index (χ0n) is 17.6. The van der Waals surface area contributed by atoms with E-state index in [1.807, 2.05) is 9.62 Å². The number of rotatable bonds is 7. The van der Waals surface area contributed by atoms with Crippen LogP contribution in [0.15, 0.2) is 30.5 Å². The molecule has 4 rings (SSSR count). The summed E-state index contributed by atoms with van der Waals surface area (Å²) in [5.41, 5.74) is -1.01. The van der Waals surface area contributed by atoms with E-state index in [0.29, 0.717) is 31.5 Å². The second kappa shape index (κ2) is 9.21. The van der Waals surface area contributed by atoms with Crippen LogP contribution in [0, 0.1) is 5.82 Å². The number of benzene rings is 1. The van der Waals surface area contributed by atoms with Crippen LogP contribution in [-0.2, 0) is 16.2 Å². The maximum Gasteiger partial charge on any atom is 0.433 e. The van der Waals surface area contributed by atoms with Crippen molar-refractivity contribution in [3.8, 4) is 5.75 Å². The van der Waals surface area contributed by atoms with Crippen molar-refractivity contribution in [2.45, 2.75) is 43.2 Å². The highest BCUT2D eigenvalue weighted by Crippen LogP contribution is 2.33. The molecule has 1 aliphatic heterocycles. The maximum absolute atomic E-state index is 14.5. The van der Waals surface area contributed by atoms with E-state index in [-0.39, 0.29) is 23.4 Å². The van der Waals surface area contributed by atoms with Crippen LogP contribution in [0.3, 0.4) is 0 Å². The largest absolute Gasteiger partial charge is 0.490 e. The normalized spacial score (nSPS) is 18.7. The molecule has 0 spiro atoms. The van der Waals surface area contributed by atoms with Gasteiger partial charge in [-0.05, 0) is 43.9 Å². The third-order valence-electron chi connectivity index (χ3n) is 5.64. The van der Waals surface area contributed by atoms with Gasteiger partial charge in [0.1, 0.15) is 23.9 Å². The van der Waals surface area contributed by atoms with Crippen molar-refractivity contribution < 1.29 is 35.5 Å². The Morgan fingerprint density at radius 3 is 2.59 bits per heavy atom. The molecular weight excluding hydrogens is 502 g/mol. The number of ether oxygens (including phenoxy) is 1. The summed E-state index contributed by atoms with van der Waals surface area (Å²) in [6.07, 6.45) is -1.04. The Hall–Kier alpha value is -2.60. The highest BCUT2D eigenvalue weighted by Gasteiger charge is 2.37. The Morgan fingerprint density at radius 1 is 1.24 bits per heavy atom. The molecule has 1 aliphatic carbocycles. The molecule has 1 N–H and O–H groups in total. The number of carbonyl (C=O) groups excluding carboxylic acids is 1. The number of hydrogen-bond donors (Lipinski definition) is 1. The molecule has 1 aromatic heterocycles. The van der Waals surface area contributed by atoms with Crippen LogP contribution in [0.1, 0.15) is 41.7 Å². The van der Waals surface area contributed by atoms with Crippen LogP contribution >= 0.6 is 11.6 Å². The van der Waals surface area contributed by atoms with Gasteiger partial charge in [-0.25, -0.2) is 22.5 Å². The summed E-state index contributed by atoms with van der Waals surface area (Å²) < 4.78 is 84.2. The summed E-state index contributed by atoms with van der Waals surface area (Å²) in [5.74, 6) is -2.16. The molecule has 0 bridgehead atoms. The van der Waals surface area contributed by atoms with E-state index in [0.717, 1.165) is 30.8 Å². The third kappa shape index (κ3) is 5.38. The van der Waals surface area contributed by atoms with Gasteiger partial charge in [0, 0.05) is 12.6 Å². The van der Waals surface area contributed by atoms with Gasteiger partial charge in [0.2, 0.25) is 10.0 Å². The molecular formula is C21H20ClF4N3O4S. The lowest BCUT2D eigenvalue weighted by molar-refractivity contribution is -0.141. The summed E-state index contributed by atoms with van der Waals surface area (Å²) in [4.78, 5) is 17.5. The summed E-state index contributed by atoms with van der Waals surface area (Å²) in [7, 11) is -3.85. The highest BCUT2D eigenvalue weighted by atomic mass is 35.5. The van der Waals surface area contributed by atoms with Crippen LogP contribution in [0.2, 0.25) is 5.02 Å². The van der Waals surface area contributed by atoms with Crippen LogP contribution in [0.25, 0.3) is 0 Å². The van der Waals surface area contributed by atoms with Crippen molar-refractivity contribution in [2.24, 2.45) is 0 Å². The number of anilines is 1. The van der Waals surface area contributed by atoms with Crippen molar-refractivity contribution in [1.29, 1.82) is 0 Å². The lowest BCUT2D eigenvalue weighted by atomic mass is 10.2. The van der Waals surface area contributed by atoms with Crippen molar-refractivity contribution >= 4 is 33.2 Å². The van der Waals surface area contributed by atoms with E-state index in [4.69, 9.17) is 16.3 Å². The smallest absolute Gasteiger partial charge is 0.433 e. The van der Waals surface area contributed by atoms with Gasteiger partial charge in [-0.2, -0.15) is 13.2 Å². The fourth-order valence-electron chi connectivity index (χ4n) is 3.72. The van der Waals surface area contributed by atoms with Crippen molar-refractivity contribution in [2.75, 3.05) is 18.1 Å². The predicted octanol–water partition coefficient (Wildman–Crippen LogP) is 4.16. The predicted molar refractivity (Wildman–Crippen MR) is 116 cm³/mol. The molecule has 2 heterocycles. The van der Waals surface area contributed by atoms with E-state index in [9.17, 15) is 30.8 Å². The summed E-state index contributed by atoms with van der Waals surface area (Å²) in [6, 6.07) is 3.93. The van der Waals surface area contributed by atoms with Crippen LogP contribution in [0.5, 0.6) is 5.75 Å². The van der Waals surface area contributed by atoms with Crippen molar-refractivity contribution in [3.05, 3.63) is 52.6 Å². The third-order valence-corrected chi connectivity index (χ3v) is 7.76. The number of aromatic nitrogens is 1. The fraction of sp³-hybridized carbons (Fsp3) is 0.429. The molecule has 1 saturated carbocycles. The quantitative estimate of drug-likeness (QED) is 0.550. The first-order chi connectivity index (χ1) is 16.0. The lowest BCUT2D eigenvalue weighted by Crippen LogP contribution is -2.34. The number of nitrogens with zero attached hydrogens (tertiary/aromatic N) is 2. The number of pyridine rings is 1.